The first-order valence-corrected chi connectivity index (χ1v) is 9.71. The molecule has 0 aliphatic carbocycles. The molecule has 132 valence electrons. The number of benzene rings is 3. The Morgan fingerprint density at radius 1 is 0.852 bits per heavy atom. The molecule has 3 nitrogen and oxygen atoms in total. The Kier molecular flexibility index (Phi) is 5.17. The van der Waals surface area contributed by atoms with Crippen molar-refractivity contribution < 1.29 is 4.79 Å². The maximum absolute atomic E-state index is 12.5. The molecular weight excluding hydrogens is 352 g/mol. The molecule has 0 radical (unpaired) electrons. The van der Waals surface area contributed by atoms with E-state index in [4.69, 9.17) is 4.99 Å². The van der Waals surface area contributed by atoms with Gasteiger partial charge in [-0.3, -0.25) is 9.69 Å². The molecule has 1 fully saturated rings. The van der Waals surface area contributed by atoms with Crippen LogP contribution in [-0.4, -0.2) is 17.4 Å². The van der Waals surface area contributed by atoms with Crippen molar-refractivity contribution in [1.82, 2.24) is 0 Å². The second kappa shape index (κ2) is 8.06. The van der Waals surface area contributed by atoms with Gasteiger partial charge in [0.05, 0.1) is 22.2 Å². The van der Waals surface area contributed by atoms with Crippen molar-refractivity contribution in [1.29, 1.82) is 0 Å². The Hall–Kier alpha value is -3.11. The number of rotatable bonds is 4. The Bertz CT molecular complexity index is 983. The van der Waals surface area contributed by atoms with Crippen LogP contribution in [0.5, 0.6) is 0 Å². The highest BCUT2D eigenvalue weighted by Gasteiger charge is 2.28. The van der Waals surface area contributed by atoms with Gasteiger partial charge in [0.1, 0.15) is 0 Å². The lowest BCUT2D eigenvalue weighted by molar-refractivity contribution is -0.115. The molecule has 27 heavy (non-hydrogen) atoms. The number of nitrogens with zero attached hydrogens (tertiary/aromatic N) is 2. The Morgan fingerprint density at radius 2 is 1.44 bits per heavy atom. The van der Waals surface area contributed by atoms with Crippen LogP contribution in [0, 0.1) is 0 Å². The van der Waals surface area contributed by atoms with Gasteiger partial charge in [0.2, 0.25) is 5.91 Å². The van der Waals surface area contributed by atoms with Crippen molar-refractivity contribution in [3.63, 3.8) is 0 Å². The van der Waals surface area contributed by atoms with Crippen LogP contribution in [0.25, 0.3) is 0 Å². The van der Waals surface area contributed by atoms with E-state index in [-0.39, 0.29) is 5.91 Å². The molecule has 1 aliphatic rings. The van der Waals surface area contributed by atoms with E-state index < -0.39 is 0 Å². The third-order valence-corrected chi connectivity index (χ3v) is 5.15. The van der Waals surface area contributed by atoms with E-state index >= 15 is 0 Å². The van der Waals surface area contributed by atoms with Crippen LogP contribution >= 0.6 is 11.8 Å². The molecule has 0 unspecified atom stereocenters. The summed E-state index contributed by atoms with van der Waals surface area (Å²) in [5, 5.41) is 0.893. The van der Waals surface area contributed by atoms with Gasteiger partial charge in [-0.05, 0) is 30.3 Å². The van der Waals surface area contributed by atoms with Crippen LogP contribution in [0.2, 0.25) is 0 Å². The highest BCUT2D eigenvalue weighted by Crippen LogP contribution is 2.34. The van der Waals surface area contributed by atoms with Crippen molar-refractivity contribution in [2.45, 2.75) is 0 Å². The van der Waals surface area contributed by atoms with Gasteiger partial charge >= 0.3 is 0 Å². The predicted octanol–water partition coefficient (Wildman–Crippen LogP) is 5.43. The second-order valence-corrected chi connectivity index (χ2v) is 7.03. The molecule has 4 heteroatoms. The summed E-state index contributed by atoms with van der Waals surface area (Å²) in [7, 11) is 0. The monoisotopic (exact) mass is 370 g/mol. The molecular formula is C23H18N2OS. The fraction of sp³-hybridized carbons (Fsp3) is 0.0435. The van der Waals surface area contributed by atoms with Crippen LogP contribution in [0.1, 0.15) is 5.56 Å². The maximum Gasteiger partial charge on any atom is 0.242 e. The molecule has 4 rings (SSSR count). The molecule has 1 heterocycles. The van der Waals surface area contributed by atoms with Crippen LogP contribution in [0.15, 0.2) is 107 Å². The van der Waals surface area contributed by atoms with Crippen LogP contribution in [0.4, 0.5) is 11.4 Å². The predicted molar refractivity (Wildman–Crippen MR) is 114 cm³/mol. The largest absolute Gasteiger partial charge is 0.274 e. The SMILES string of the molecule is O=C1CS/C(=C\C(=Nc2ccccc2)c2ccccc2)N1c1ccccc1. The molecule has 3 aromatic rings. The highest BCUT2D eigenvalue weighted by molar-refractivity contribution is 8.04. The summed E-state index contributed by atoms with van der Waals surface area (Å²) in [6.45, 7) is 0. The molecule has 0 spiro atoms. The van der Waals surface area contributed by atoms with Gasteiger partial charge in [-0.2, -0.15) is 0 Å². The van der Waals surface area contributed by atoms with E-state index in [1.165, 1.54) is 0 Å². The quantitative estimate of drug-likeness (QED) is 0.574. The molecule has 3 aromatic carbocycles. The summed E-state index contributed by atoms with van der Waals surface area (Å²) in [6.07, 6.45) is 2.00. The molecule has 0 atom stereocenters. The number of carbonyl (C=O) groups is 1. The smallest absolute Gasteiger partial charge is 0.242 e. The Balaban J connectivity index is 1.78. The van der Waals surface area contributed by atoms with Gasteiger partial charge < -0.3 is 0 Å². The van der Waals surface area contributed by atoms with Gasteiger partial charge in [0, 0.05) is 11.3 Å². The molecule has 0 saturated carbocycles. The van der Waals surface area contributed by atoms with Crippen molar-refractivity contribution in [2.75, 3.05) is 10.7 Å². The number of hydrogen-bond acceptors (Lipinski definition) is 3. The van der Waals surface area contributed by atoms with Crippen molar-refractivity contribution in [3.8, 4) is 0 Å². The molecule has 1 amide bonds. The van der Waals surface area contributed by atoms with Crippen molar-refractivity contribution >= 4 is 34.8 Å². The topological polar surface area (TPSA) is 32.7 Å². The van der Waals surface area contributed by atoms with E-state index in [1.807, 2.05) is 97.1 Å². The summed E-state index contributed by atoms with van der Waals surface area (Å²) in [6, 6.07) is 29.7. The fourth-order valence-electron chi connectivity index (χ4n) is 2.89. The van der Waals surface area contributed by atoms with Crippen LogP contribution in [0.3, 0.4) is 0 Å². The lowest BCUT2D eigenvalue weighted by Crippen LogP contribution is -2.24. The van der Waals surface area contributed by atoms with Gasteiger partial charge in [-0.1, -0.05) is 78.5 Å². The zero-order valence-corrected chi connectivity index (χ0v) is 15.5. The Labute approximate surface area is 163 Å². The summed E-state index contributed by atoms with van der Waals surface area (Å²) in [4.78, 5) is 19.1. The van der Waals surface area contributed by atoms with Crippen molar-refractivity contribution in [2.24, 2.45) is 4.99 Å². The number of allylic oxidation sites excluding steroid dienone is 1. The van der Waals surface area contributed by atoms with E-state index in [2.05, 4.69) is 0 Å². The zero-order valence-electron chi connectivity index (χ0n) is 14.7. The summed E-state index contributed by atoms with van der Waals surface area (Å²) < 4.78 is 0. The number of thioether (sulfide) groups is 1. The molecule has 1 saturated heterocycles. The summed E-state index contributed by atoms with van der Waals surface area (Å²) in [5.41, 5.74) is 3.61. The summed E-state index contributed by atoms with van der Waals surface area (Å²) >= 11 is 1.54. The van der Waals surface area contributed by atoms with E-state index in [0.29, 0.717) is 5.75 Å². The second-order valence-electron chi connectivity index (χ2n) is 6.03. The lowest BCUT2D eigenvalue weighted by Gasteiger charge is -2.17. The number of aliphatic imine (C=N–C) groups is 1. The number of anilines is 1. The van der Waals surface area contributed by atoms with Crippen LogP contribution in [-0.2, 0) is 4.79 Å². The molecule has 1 aliphatic heterocycles. The Morgan fingerprint density at radius 3 is 2.11 bits per heavy atom. The average Bonchev–Trinajstić information content (AvgIpc) is 3.09. The van der Waals surface area contributed by atoms with Gasteiger partial charge in [-0.15, -0.1) is 0 Å². The molecule has 0 bridgehead atoms. The summed E-state index contributed by atoms with van der Waals surface area (Å²) in [5.74, 6) is 0.526. The minimum absolute atomic E-state index is 0.0876. The average molecular weight is 370 g/mol. The first-order chi connectivity index (χ1) is 13.3. The normalized spacial score (nSPS) is 16.1. The first kappa shape index (κ1) is 17.3. The van der Waals surface area contributed by atoms with E-state index in [0.717, 1.165) is 27.7 Å². The third-order valence-electron chi connectivity index (χ3n) is 4.16. The number of para-hydroxylation sites is 2. The highest BCUT2D eigenvalue weighted by atomic mass is 32.2. The van der Waals surface area contributed by atoms with Crippen molar-refractivity contribution in [3.05, 3.63) is 108 Å². The van der Waals surface area contributed by atoms with Crippen LogP contribution < -0.4 is 4.90 Å². The van der Waals surface area contributed by atoms with E-state index in [9.17, 15) is 4.79 Å². The minimum atomic E-state index is 0.0876. The number of amides is 1. The zero-order chi connectivity index (χ0) is 18.5. The fourth-order valence-corrected chi connectivity index (χ4v) is 3.82. The maximum atomic E-state index is 12.5. The van der Waals surface area contributed by atoms with Gasteiger partial charge in [0.25, 0.3) is 0 Å². The molecule has 0 aromatic heterocycles. The number of hydrogen-bond donors (Lipinski definition) is 0. The minimum Gasteiger partial charge on any atom is -0.274 e. The molecule has 0 N–H and O–H groups in total. The first-order valence-electron chi connectivity index (χ1n) is 8.73. The van der Waals surface area contributed by atoms with Gasteiger partial charge in [-0.25, -0.2) is 4.99 Å². The number of carbonyl (C=O) groups excluding carboxylic acids is 1. The van der Waals surface area contributed by atoms with Gasteiger partial charge in [0.15, 0.2) is 0 Å². The lowest BCUT2D eigenvalue weighted by atomic mass is 10.1. The third kappa shape index (κ3) is 4.01. The standard InChI is InChI=1S/C23H18N2OS/c26-22-17-27-23(25(22)20-14-8-3-9-15-20)16-21(18-10-4-1-5-11-18)24-19-12-6-2-7-13-19/h1-16H,17H2/b23-16-,24-21?. The van der Waals surface area contributed by atoms with E-state index in [1.54, 1.807) is 16.7 Å².